The summed E-state index contributed by atoms with van der Waals surface area (Å²) in [4.78, 5) is 5.80. The fourth-order valence-corrected chi connectivity index (χ4v) is 2.91. The molecule has 22 heavy (non-hydrogen) atoms. The Kier molecular flexibility index (Phi) is 4.45. The van der Waals surface area contributed by atoms with Crippen LogP contribution in [0, 0.1) is 6.57 Å². The van der Waals surface area contributed by atoms with E-state index in [4.69, 9.17) is 6.57 Å². The smallest absolute Gasteiger partial charge is 0.383 e. The van der Waals surface area contributed by atoms with E-state index >= 15 is 0 Å². The summed E-state index contributed by atoms with van der Waals surface area (Å²) in [5.41, 5.74) is -1.87. The molecule has 0 saturated carbocycles. The topological polar surface area (TPSA) is 40.4 Å². The summed E-state index contributed by atoms with van der Waals surface area (Å²) in [6.45, 7) is 10.5. The third-order valence-corrected chi connectivity index (χ3v) is 4.50. The highest BCUT2D eigenvalue weighted by Gasteiger charge is 2.34. The number of fused-ring (bicyclic) bond motifs is 1. The van der Waals surface area contributed by atoms with Crippen molar-refractivity contribution < 1.29 is 18.3 Å². The second-order valence-corrected chi connectivity index (χ2v) is 6.43. The molecule has 118 valence electrons. The minimum atomic E-state index is -4.58. The highest BCUT2D eigenvalue weighted by atomic mass is 32.2. The molecule has 0 aliphatic rings. The Morgan fingerprint density at radius 1 is 1.32 bits per heavy atom. The molecule has 1 heterocycles. The summed E-state index contributed by atoms with van der Waals surface area (Å²) < 4.78 is 38.9. The molecule has 0 aliphatic carbocycles. The van der Waals surface area contributed by atoms with Crippen LogP contribution in [0.1, 0.15) is 25.1 Å². The number of hydrogen-bond acceptors (Lipinski definition) is 2. The number of rotatable bonds is 4. The van der Waals surface area contributed by atoms with Gasteiger partial charge in [0.25, 0.3) is 0 Å². The molecule has 1 aromatic carbocycles. The van der Waals surface area contributed by atoms with Gasteiger partial charge in [-0.1, -0.05) is 6.92 Å². The number of aliphatic hydroxyl groups is 1. The van der Waals surface area contributed by atoms with Crippen LogP contribution in [-0.4, -0.2) is 21.6 Å². The summed E-state index contributed by atoms with van der Waals surface area (Å²) in [5.74, 6) is 1.26. The number of benzene rings is 1. The zero-order valence-corrected chi connectivity index (χ0v) is 12.9. The molecule has 0 saturated heterocycles. The first-order valence-corrected chi connectivity index (χ1v) is 7.76. The van der Waals surface area contributed by atoms with Crippen molar-refractivity contribution in [2.45, 2.75) is 25.6 Å². The molecule has 2 N–H and O–H groups in total. The standard InChI is InChI=1S/C15H15F3N2OS/c1-4-22-8-14(2,21)13-6-9-5-12(19-3)10(15(16,17)18)7-11(9)20-13/h5-7,20-21H,4,8H2,1-2H3. The van der Waals surface area contributed by atoms with Crippen molar-refractivity contribution in [1.29, 1.82) is 0 Å². The second kappa shape index (κ2) is 5.86. The maximum absolute atomic E-state index is 13.0. The number of alkyl halides is 3. The van der Waals surface area contributed by atoms with Gasteiger partial charge in [-0.3, -0.25) is 0 Å². The van der Waals surface area contributed by atoms with E-state index in [1.165, 1.54) is 17.8 Å². The Bertz CT molecular complexity index is 729. The third kappa shape index (κ3) is 3.23. The summed E-state index contributed by atoms with van der Waals surface area (Å²) in [6, 6.07) is 3.73. The fourth-order valence-electron chi connectivity index (χ4n) is 2.16. The number of aromatic amines is 1. The summed E-state index contributed by atoms with van der Waals surface area (Å²) in [7, 11) is 0. The molecule has 7 heteroatoms. The second-order valence-electron chi connectivity index (χ2n) is 5.16. The van der Waals surface area contributed by atoms with Crippen molar-refractivity contribution in [3.05, 3.63) is 40.9 Å². The zero-order valence-electron chi connectivity index (χ0n) is 12.1. The van der Waals surface area contributed by atoms with Crippen LogP contribution in [0.3, 0.4) is 0 Å². The van der Waals surface area contributed by atoms with Gasteiger partial charge in [0.1, 0.15) is 5.60 Å². The van der Waals surface area contributed by atoms with Gasteiger partial charge in [-0.05, 0) is 36.3 Å². The molecule has 1 atom stereocenters. The van der Waals surface area contributed by atoms with Gasteiger partial charge in [0.15, 0.2) is 5.69 Å². The summed E-state index contributed by atoms with van der Waals surface area (Å²) >= 11 is 1.54. The van der Waals surface area contributed by atoms with Crippen LogP contribution >= 0.6 is 11.8 Å². The number of nitrogens with one attached hydrogen (secondary N) is 1. The number of H-pyrrole nitrogens is 1. The predicted octanol–water partition coefficient (Wildman–Crippen LogP) is 4.70. The van der Waals surface area contributed by atoms with Gasteiger partial charge in [-0.25, -0.2) is 4.85 Å². The van der Waals surface area contributed by atoms with Crippen molar-refractivity contribution in [1.82, 2.24) is 4.98 Å². The van der Waals surface area contributed by atoms with Crippen LogP contribution in [0.15, 0.2) is 18.2 Å². The van der Waals surface area contributed by atoms with Gasteiger partial charge in [0.2, 0.25) is 0 Å². The molecular weight excluding hydrogens is 313 g/mol. The fraction of sp³-hybridized carbons (Fsp3) is 0.400. The highest BCUT2D eigenvalue weighted by Crippen LogP contribution is 2.39. The monoisotopic (exact) mass is 328 g/mol. The van der Waals surface area contributed by atoms with Crippen molar-refractivity contribution in [3.8, 4) is 0 Å². The first kappa shape index (κ1) is 16.7. The van der Waals surface area contributed by atoms with Gasteiger partial charge < -0.3 is 10.1 Å². The van der Waals surface area contributed by atoms with Gasteiger partial charge in [-0.2, -0.15) is 24.9 Å². The largest absolute Gasteiger partial charge is 0.407 e. The number of thioether (sulfide) groups is 1. The molecule has 1 aromatic heterocycles. The van der Waals surface area contributed by atoms with Crippen LogP contribution in [0.4, 0.5) is 18.9 Å². The molecule has 0 aliphatic heterocycles. The molecule has 2 aromatic rings. The Hall–Kier alpha value is -1.65. The first-order valence-electron chi connectivity index (χ1n) is 6.61. The maximum Gasteiger partial charge on any atom is 0.407 e. The molecule has 2 rings (SSSR count). The maximum atomic E-state index is 13.0. The molecule has 0 spiro atoms. The van der Waals surface area contributed by atoms with Crippen LogP contribution in [0.25, 0.3) is 15.7 Å². The zero-order chi connectivity index (χ0) is 16.5. The van der Waals surface area contributed by atoms with Crippen LogP contribution in [0.2, 0.25) is 0 Å². The molecule has 1 unspecified atom stereocenters. The third-order valence-electron chi connectivity index (χ3n) is 3.33. The van der Waals surface area contributed by atoms with E-state index in [-0.39, 0.29) is 5.52 Å². The van der Waals surface area contributed by atoms with Crippen LogP contribution in [0.5, 0.6) is 0 Å². The quantitative estimate of drug-likeness (QED) is 0.799. The van der Waals surface area contributed by atoms with E-state index in [1.54, 1.807) is 13.0 Å². The van der Waals surface area contributed by atoms with Crippen molar-refractivity contribution >= 4 is 28.4 Å². The summed E-state index contributed by atoms with van der Waals surface area (Å²) in [5, 5.41) is 10.9. The molecule has 0 fully saturated rings. The Labute approximate surface area is 130 Å². The lowest BCUT2D eigenvalue weighted by atomic mass is 10.1. The van der Waals surface area contributed by atoms with Crippen LogP contribution in [-0.2, 0) is 11.8 Å². The number of halogens is 3. The number of nitrogens with zero attached hydrogens (tertiary/aromatic N) is 1. The SMILES string of the molecule is [C-]#[N+]c1cc2cc(C(C)(O)CSCC)[nH]c2cc1C(F)(F)F. The molecule has 0 bridgehead atoms. The van der Waals surface area contributed by atoms with Crippen molar-refractivity contribution in [2.75, 3.05) is 11.5 Å². The van der Waals surface area contributed by atoms with E-state index in [1.807, 2.05) is 6.92 Å². The minimum Gasteiger partial charge on any atom is -0.383 e. The van der Waals surface area contributed by atoms with Crippen molar-refractivity contribution in [2.24, 2.45) is 0 Å². The molecule has 0 amide bonds. The van der Waals surface area contributed by atoms with Gasteiger partial charge in [0, 0.05) is 17.0 Å². The van der Waals surface area contributed by atoms with Crippen molar-refractivity contribution in [3.63, 3.8) is 0 Å². The molecule has 0 radical (unpaired) electrons. The van der Waals surface area contributed by atoms with Gasteiger partial charge >= 0.3 is 6.18 Å². The van der Waals surface area contributed by atoms with Crippen LogP contribution < -0.4 is 0 Å². The van der Waals surface area contributed by atoms with E-state index in [2.05, 4.69) is 9.83 Å². The molecular formula is C15H15F3N2OS. The number of aromatic nitrogens is 1. The predicted molar refractivity (Wildman–Crippen MR) is 82.1 cm³/mol. The average Bonchev–Trinajstić information content (AvgIpc) is 2.86. The van der Waals surface area contributed by atoms with E-state index < -0.39 is 23.0 Å². The summed E-state index contributed by atoms with van der Waals surface area (Å²) in [6.07, 6.45) is -4.58. The van der Waals surface area contributed by atoms with E-state index in [0.717, 1.165) is 11.8 Å². The number of hydrogen-bond donors (Lipinski definition) is 2. The van der Waals surface area contributed by atoms with E-state index in [0.29, 0.717) is 16.8 Å². The normalized spacial score (nSPS) is 14.8. The lowest BCUT2D eigenvalue weighted by molar-refractivity contribution is -0.136. The Balaban J connectivity index is 2.54. The Morgan fingerprint density at radius 2 is 2.00 bits per heavy atom. The Morgan fingerprint density at radius 3 is 2.55 bits per heavy atom. The minimum absolute atomic E-state index is 0.261. The van der Waals surface area contributed by atoms with E-state index in [9.17, 15) is 18.3 Å². The molecule has 3 nitrogen and oxygen atoms in total. The lowest BCUT2D eigenvalue weighted by Crippen LogP contribution is -2.24. The average molecular weight is 328 g/mol. The lowest BCUT2D eigenvalue weighted by Gasteiger charge is -2.21. The highest BCUT2D eigenvalue weighted by molar-refractivity contribution is 7.99. The first-order chi connectivity index (χ1) is 10.2. The van der Waals surface area contributed by atoms with Gasteiger partial charge in [0.05, 0.1) is 12.1 Å². The van der Waals surface area contributed by atoms with Gasteiger partial charge in [-0.15, -0.1) is 0 Å².